The van der Waals surface area contributed by atoms with E-state index in [4.69, 9.17) is 0 Å². The molecule has 0 saturated carbocycles. The minimum atomic E-state index is -0.0736. The quantitative estimate of drug-likeness (QED) is 0.752. The second-order valence-electron chi connectivity index (χ2n) is 4.83. The molecule has 2 aromatic rings. The van der Waals surface area contributed by atoms with Gasteiger partial charge in [0.2, 0.25) is 5.91 Å². The van der Waals surface area contributed by atoms with E-state index in [9.17, 15) is 4.79 Å². The average molecular weight is 412 g/mol. The molecule has 0 atom stereocenters. The molecule has 0 aliphatic carbocycles. The zero-order chi connectivity index (χ0) is 15.4. The summed E-state index contributed by atoms with van der Waals surface area (Å²) in [5, 5.41) is 5.99. The number of amides is 1. The number of rotatable bonds is 4. The highest BCUT2D eigenvalue weighted by molar-refractivity contribution is 9.10. The van der Waals surface area contributed by atoms with E-state index in [1.54, 1.807) is 0 Å². The molecule has 5 heteroatoms. The maximum atomic E-state index is 11.9. The van der Waals surface area contributed by atoms with Crippen molar-refractivity contribution in [3.05, 3.63) is 56.5 Å². The number of anilines is 2. The minimum absolute atomic E-state index is 0.0736. The lowest BCUT2D eigenvalue weighted by molar-refractivity contribution is -0.114. The normalized spacial score (nSPS) is 10.3. The van der Waals surface area contributed by atoms with E-state index < -0.39 is 0 Å². The molecule has 110 valence electrons. The van der Waals surface area contributed by atoms with Crippen LogP contribution in [0.1, 0.15) is 11.1 Å². The van der Waals surface area contributed by atoms with Crippen LogP contribution in [0.2, 0.25) is 0 Å². The third kappa shape index (κ3) is 4.58. The number of hydrogen-bond donors (Lipinski definition) is 2. The van der Waals surface area contributed by atoms with Gasteiger partial charge in [-0.2, -0.15) is 0 Å². The van der Waals surface area contributed by atoms with E-state index in [0.717, 1.165) is 31.4 Å². The van der Waals surface area contributed by atoms with Crippen molar-refractivity contribution in [2.24, 2.45) is 0 Å². The van der Waals surface area contributed by atoms with Gasteiger partial charge in [-0.15, -0.1) is 0 Å². The number of carbonyl (C=O) groups excluding carboxylic acids is 1. The Morgan fingerprint density at radius 2 is 1.57 bits per heavy atom. The van der Waals surface area contributed by atoms with Gasteiger partial charge in [0.1, 0.15) is 0 Å². The molecule has 0 unspecified atom stereocenters. The summed E-state index contributed by atoms with van der Waals surface area (Å²) in [6.07, 6.45) is 0. The highest BCUT2D eigenvalue weighted by Gasteiger charge is 2.05. The molecule has 3 nitrogen and oxygen atoms in total. The Balaban J connectivity index is 1.93. The van der Waals surface area contributed by atoms with E-state index >= 15 is 0 Å². The zero-order valence-corrected chi connectivity index (χ0v) is 15.0. The topological polar surface area (TPSA) is 41.1 Å². The highest BCUT2D eigenvalue weighted by atomic mass is 79.9. The average Bonchev–Trinajstić information content (AvgIpc) is 2.45. The molecule has 0 fully saturated rings. The first-order chi connectivity index (χ1) is 9.95. The van der Waals surface area contributed by atoms with Crippen LogP contribution < -0.4 is 10.6 Å². The number of benzene rings is 2. The fourth-order valence-electron chi connectivity index (χ4n) is 1.97. The van der Waals surface area contributed by atoms with Gasteiger partial charge in [0.05, 0.1) is 6.54 Å². The largest absolute Gasteiger partial charge is 0.376 e. The van der Waals surface area contributed by atoms with Crippen LogP contribution in [0.25, 0.3) is 0 Å². The van der Waals surface area contributed by atoms with Crippen LogP contribution in [0.5, 0.6) is 0 Å². The number of carbonyl (C=O) groups is 1. The maximum Gasteiger partial charge on any atom is 0.243 e. The van der Waals surface area contributed by atoms with Crippen molar-refractivity contribution in [2.45, 2.75) is 13.8 Å². The molecule has 21 heavy (non-hydrogen) atoms. The summed E-state index contributed by atoms with van der Waals surface area (Å²) >= 11 is 6.90. The van der Waals surface area contributed by atoms with Crippen molar-refractivity contribution in [3.63, 3.8) is 0 Å². The van der Waals surface area contributed by atoms with E-state index in [-0.39, 0.29) is 12.5 Å². The van der Waals surface area contributed by atoms with Crippen LogP contribution in [0, 0.1) is 13.8 Å². The van der Waals surface area contributed by atoms with Gasteiger partial charge in [0, 0.05) is 20.3 Å². The molecule has 0 aliphatic heterocycles. The first-order valence-corrected chi connectivity index (χ1v) is 8.10. The molecule has 0 aromatic heterocycles. The molecule has 2 aromatic carbocycles. The van der Waals surface area contributed by atoms with Gasteiger partial charge in [0.15, 0.2) is 0 Å². The molecule has 2 rings (SSSR count). The fourth-order valence-corrected chi connectivity index (χ4v) is 2.46. The van der Waals surface area contributed by atoms with Gasteiger partial charge >= 0.3 is 0 Å². The Morgan fingerprint density at radius 1 is 1.00 bits per heavy atom. The summed E-state index contributed by atoms with van der Waals surface area (Å²) in [6, 6.07) is 11.5. The third-order valence-electron chi connectivity index (χ3n) is 3.02. The molecule has 2 N–H and O–H groups in total. The van der Waals surface area contributed by atoms with Gasteiger partial charge in [0.25, 0.3) is 0 Å². The molecule has 1 amide bonds. The van der Waals surface area contributed by atoms with Crippen LogP contribution in [-0.2, 0) is 4.79 Å². The van der Waals surface area contributed by atoms with Gasteiger partial charge in [-0.05, 0) is 61.4 Å². The molecule has 0 aliphatic rings. The van der Waals surface area contributed by atoms with Crippen molar-refractivity contribution in [2.75, 3.05) is 17.2 Å². The fraction of sp³-hybridized carbons (Fsp3) is 0.188. The van der Waals surface area contributed by atoms with Crippen molar-refractivity contribution in [3.8, 4) is 0 Å². The molecular weight excluding hydrogens is 396 g/mol. The molecule has 0 saturated heterocycles. The second kappa shape index (κ2) is 7.09. The Hall–Kier alpha value is -1.33. The van der Waals surface area contributed by atoms with E-state index in [1.165, 1.54) is 0 Å². The van der Waals surface area contributed by atoms with Crippen LogP contribution in [0.3, 0.4) is 0 Å². The summed E-state index contributed by atoms with van der Waals surface area (Å²) in [5.41, 5.74) is 4.02. The highest BCUT2D eigenvalue weighted by Crippen LogP contribution is 2.24. The number of halogens is 2. The number of nitrogens with one attached hydrogen (secondary N) is 2. The molecule has 0 spiro atoms. The number of hydrogen-bond acceptors (Lipinski definition) is 2. The standard InChI is InChI=1S/C16H16Br2N2O/c1-10-7-14(8-11(2)16(10)18)19-9-15(21)20-13-5-3-12(17)4-6-13/h3-8,19H,9H2,1-2H3,(H,20,21). The van der Waals surface area contributed by atoms with E-state index in [1.807, 2.05) is 50.2 Å². The summed E-state index contributed by atoms with van der Waals surface area (Å²) in [6.45, 7) is 4.30. The Labute approximate surface area is 141 Å². The van der Waals surface area contributed by atoms with Crippen molar-refractivity contribution >= 4 is 49.1 Å². The predicted molar refractivity (Wildman–Crippen MR) is 94.9 cm³/mol. The van der Waals surface area contributed by atoms with Gasteiger partial charge in [-0.1, -0.05) is 31.9 Å². The lowest BCUT2D eigenvalue weighted by Crippen LogP contribution is -2.21. The maximum absolute atomic E-state index is 11.9. The summed E-state index contributed by atoms with van der Waals surface area (Å²) in [7, 11) is 0. The predicted octanol–water partition coefficient (Wildman–Crippen LogP) is 4.88. The second-order valence-corrected chi connectivity index (χ2v) is 6.54. The van der Waals surface area contributed by atoms with Crippen LogP contribution in [0.15, 0.2) is 45.3 Å². The zero-order valence-electron chi connectivity index (χ0n) is 11.8. The first kappa shape index (κ1) is 16.0. The van der Waals surface area contributed by atoms with Gasteiger partial charge in [-0.25, -0.2) is 0 Å². The van der Waals surface area contributed by atoms with E-state index in [0.29, 0.717) is 0 Å². The monoisotopic (exact) mass is 410 g/mol. The van der Waals surface area contributed by atoms with E-state index in [2.05, 4.69) is 42.5 Å². The van der Waals surface area contributed by atoms with Crippen molar-refractivity contribution in [1.82, 2.24) is 0 Å². The lowest BCUT2D eigenvalue weighted by atomic mass is 10.1. The van der Waals surface area contributed by atoms with Crippen molar-refractivity contribution < 1.29 is 4.79 Å². The molecule has 0 radical (unpaired) electrons. The van der Waals surface area contributed by atoms with Crippen LogP contribution in [0.4, 0.5) is 11.4 Å². The smallest absolute Gasteiger partial charge is 0.243 e. The summed E-state index contributed by atoms with van der Waals surface area (Å²) in [5.74, 6) is -0.0736. The molecule has 0 heterocycles. The van der Waals surface area contributed by atoms with Crippen LogP contribution in [-0.4, -0.2) is 12.5 Å². The SMILES string of the molecule is Cc1cc(NCC(=O)Nc2ccc(Br)cc2)cc(C)c1Br. The molecular formula is C16H16Br2N2O. The Kier molecular flexibility index (Phi) is 5.42. The van der Waals surface area contributed by atoms with Gasteiger partial charge in [-0.3, -0.25) is 4.79 Å². The summed E-state index contributed by atoms with van der Waals surface area (Å²) in [4.78, 5) is 11.9. The first-order valence-electron chi connectivity index (χ1n) is 6.52. The van der Waals surface area contributed by atoms with Crippen LogP contribution >= 0.6 is 31.9 Å². The summed E-state index contributed by atoms with van der Waals surface area (Å²) < 4.78 is 2.09. The number of aryl methyl sites for hydroxylation is 2. The Bertz CT molecular complexity index is 631. The van der Waals surface area contributed by atoms with Gasteiger partial charge < -0.3 is 10.6 Å². The third-order valence-corrected chi connectivity index (χ3v) is 4.80. The molecule has 0 bridgehead atoms. The minimum Gasteiger partial charge on any atom is -0.376 e. The Morgan fingerprint density at radius 3 is 2.14 bits per heavy atom. The van der Waals surface area contributed by atoms with Crippen molar-refractivity contribution in [1.29, 1.82) is 0 Å². The lowest BCUT2D eigenvalue weighted by Gasteiger charge is -2.11.